The Morgan fingerprint density at radius 2 is 1.93 bits per heavy atom. The van der Waals surface area contributed by atoms with Gasteiger partial charge in [0, 0.05) is 6.54 Å². The highest BCUT2D eigenvalue weighted by atomic mass is 35.5. The molecule has 0 fully saturated rings. The molecule has 14 heavy (non-hydrogen) atoms. The molecule has 0 saturated carbocycles. The lowest BCUT2D eigenvalue weighted by atomic mass is 10.3. The molecule has 0 amide bonds. The Bertz CT molecular complexity index is 302. The van der Waals surface area contributed by atoms with E-state index in [1.54, 1.807) is 6.34 Å². The SMILES string of the molecule is C1=NCCN1.Fc1cccc(F)c1Cl. The summed E-state index contributed by atoms with van der Waals surface area (Å²) in [6.45, 7) is 1.99. The lowest BCUT2D eigenvalue weighted by Crippen LogP contribution is -2.04. The molecule has 0 bridgehead atoms. The van der Waals surface area contributed by atoms with Crippen LogP contribution >= 0.6 is 11.6 Å². The number of halogens is 3. The fraction of sp³-hybridized carbons (Fsp3) is 0.222. The maximum atomic E-state index is 12.2. The number of nitrogens with zero attached hydrogens (tertiary/aromatic N) is 1. The number of hydrogen-bond acceptors (Lipinski definition) is 2. The average Bonchev–Trinajstić information content (AvgIpc) is 2.72. The molecule has 1 heterocycles. The van der Waals surface area contributed by atoms with Crippen molar-refractivity contribution < 1.29 is 8.78 Å². The van der Waals surface area contributed by atoms with Crippen molar-refractivity contribution in [1.29, 1.82) is 0 Å². The van der Waals surface area contributed by atoms with Crippen LogP contribution in [0.3, 0.4) is 0 Å². The Kier molecular flexibility index (Phi) is 4.32. The van der Waals surface area contributed by atoms with E-state index in [1.165, 1.54) is 6.07 Å². The smallest absolute Gasteiger partial charge is 0.144 e. The Labute approximate surface area is 85.6 Å². The minimum atomic E-state index is -0.725. The highest BCUT2D eigenvalue weighted by molar-refractivity contribution is 6.30. The molecule has 0 aliphatic carbocycles. The van der Waals surface area contributed by atoms with Crippen molar-refractivity contribution in [3.05, 3.63) is 34.9 Å². The van der Waals surface area contributed by atoms with Crippen molar-refractivity contribution in [2.24, 2.45) is 4.99 Å². The molecular formula is C9H9ClF2N2. The van der Waals surface area contributed by atoms with Crippen LogP contribution in [0.5, 0.6) is 0 Å². The van der Waals surface area contributed by atoms with Gasteiger partial charge >= 0.3 is 0 Å². The summed E-state index contributed by atoms with van der Waals surface area (Å²) in [5.74, 6) is -1.45. The fourth-order valence-corrected chi connectivity index (χ4v) is 0.926. The lowest BCUT2D eigenvalue weighted by Gasteiger charge is -1.91. The zero-order valence-corrected chi connectivity index (χ0v) is 8.06. The summed E-state index contributed by atoms with van der Waals surface area (Å²) in [7, 11) is 0. The van der Waals surface area contributed by atoms with Gasteiger partial charge in [-0.2, -0.15) is 0 Å². The van der Waals surface area contributed by atoms with Crippen molar-refractivity contribution in [3.63, 3.8) is 0 Å². The Balaban J connectivity index is 0.000000165. The average molecular weight is 219 g/mol. The molecule has 0 saturated heterocycles. The van der Waals surface area contributed by atoms with Crippen molar-refractivity contribution in [1.82, 2.24) is 5.32 Å². The van der Waals surface area contributed by atoms with Crippen LogP contribution in [0.25, 0.3) is 0 Å². The summed E-state index contributed by atoms with van der Waals surface area (Å²) < 4.78 is 24.4. The van der Waals surface area contributed by atoms with E-state index in [-0.39, 0.29) is 0 Å². The van der Waals surface area contributed by atoms with Crippen LogP contribution in [0.4, 0.5) is 8.78 Å². The standard InChI is InChI=1S/C6H3ClF2.C3H6N2/c7-6-4(8)2-1-3-5(6)9;1-2-5-3-4-1/h1-3H;3H,1-2H2,(H,4,5). The second-order valence-electron chi connectivity index (χ2n) is 2.53. The van der Waals surface area contributed by atoms with Crippen LogP contribution in [0, 0.1) is 11.6 Å². The zero-order chi connectivity index (χ0) is 10.4. The summed E-state index contributed by atoms with van der Waals surface area (Å²) in [4.78, 5) is 3.85. The van der Waals surface area contributed by atoms with Crippen molar-refractivity contribution in [2.45, 2.75) is 0 Å². The first-order valence-electron chi connectivity index (χ1n) is 4.03. The number of aliphatic imine (C=N–C) groups is 1. The summed E-state index contributed by atoms with van der Waals surface area (Å²) in [5, 5.41) is 2.48. The third kappa shape index (κ3) is 3.30. The molecule has 1 aliphatic heterocycles. The Morgan fingerprint density at radius 3 is 2.21 bits per heavy atom. The topological polar surface area (TPSA) is 24.4 Å². The number of benzene rings is 1. The van der Waals surface area contributed by atoms with Crippen LogP contribution in [0.1, 0.15) is 0 Å². The monoisotopic (exact) mass is 218 g/mol. The van der Waals surface area contributed by atoms with E-state index in [4.69, 9.17) is 11.6 Å². The van der Waals surface area contributed by atoms with Gasteiger partial charge in [0.05, 0.1) is 12.9 Å². The molecule has 2 nitrogen and oxygen atoms in total. The largest absolute Gasteiger partial charge is 0.375 e. The van der Waals surface area contributed by atoms with Gasteiger partial charge in [0.2, 0.25) is 0 Å². The molecule has 1 aromatic rings. The van der Waals surface area contributed by atoms with Crippen molar-refractivity contribution in [3.8, 4) is 0 Å². The van der Waals surface area contributed by atoms with Gasteiger partial charge in [-0.25, -0.2) is 8.78 Å². The Morgan fingerprint density at radius 1 is 1.29 bits per heavy atom. The summed E-state index contributed by atoms with van der Waals surface area (Å²) >= 11 is 5.13. The van der Waals surface area contributed by atoms with E-state index in [0.717, 1.165) is 25.2 Å². The first kappa shape index (κ1) is 10.9. The molecule has 76 valence electrons. The van der Waals surface area contributed by atoms with E-state index < -0.39 is 16.7 Å². The minimum Gasteiger partial charge on any atom is -0.375 e. The fourth-order valence-electron chi connectivity index (χ4n) is 0.800. The molecule has 1 N–H and O–H groups in total. The molecule has 0 spiro atoms. The maximum absolute atomic E-state index is 12.2. The summed E-state index contributed by atoms with van der Waals surface area (Å²) in [5.41, 5.74) is 0. The molecule has 1 aromatic carbocycles. The van der Waals surface area contributed by atoms with E-state index in [0.29, 0.717) is 0 Å². The lowest BCUT2D eigenvalue weighted by molar-refractivity contribution is 0.584. The number of hydrogen-bond donors (Lipinski definition) is 1. The van der Waals surface area contributed by atoms with Crippen molar-refractivity contribution in [2.75, 3.05) is 13.1 Å². The van der Waals surface area contributed by atoms with Gasteiger partial charge in [0.25, 0.3) is 0 Å². The van der Waals surface area contributed by atoms with E-state index in [1.807, 2.05) is 0 Å². The van der Waals surface area contributed by atoms with Crippen LogP contribution in [-0.2, 0) is 0 Å². The molecule has 0 unspecified atom stereocenters. The second kappa shape index (κ2) is 5.54. The first-order chi connectivity index (χ1) is 6.72. The molecule has 2 rings (SSSR count). The van der Waals surface area contributed by atoms with Gasteiger partial charge in [-0.05, 0) is 12.1 Å². The molecular weight excluding hydrogens is 210 g/mol. The summed E-state index contributed by atoms with van der Waals surface area (Å²) in [6, 6.07) is 3.47. The van der Waals surface area contributed by atoms with Crippen LogP contribution in [0.15, 0.2) is 23.2 Å². The predicted molar refractivity (Wildman–Crippen MR) is 52.7 cm³/mol. The van der Waals surface area contributed by atoms with Gasteiger partial charge in [0.1, 0.15) is 16.7 Å². The second-order valence-corrected chi connectivity index (χ2v) is 2.90. The molecule has 1 aliphatic rings. The van der Waals surface area contributed by atoms with E-state index >= 15 is 0 Å². The van der Waals surface area contributed by atoms with Crippen LogP contribution in [-0.4, -0.2) is 19.4 Å². The molecule has 5 heteroatoms. The predicted octanol–water partition coefficient (Wildman–Crippen LogP) is 2.24. The van der Waals surface area contributed by atoms with Crippen molar-refractivity contribution >= 4 is 17.9 Å². The maximum Gasteiger partial charge on any atom is 0.144 e. The molecule has 0 atom stereocenters. The molecule has 0 aromatic heterocycles. The highest BCUT2D eigenvalue weighted by Crippen LogP contribution is 2.16. The van der Waals surface area contributed by atoms with Crippen LogP contribution in [0.2, 0.25) is 5.02 Å². The van der Waals surface area contributed by atoms with Gasteiger partial charge in [-0.1, -0.05) is 17.7 Å². The first-order valence-corrected chi connectivity index (χ1v) is 4.41. The quantitative estimate of drug-likeness (QED) is 0.664. The zero-order valence-electron chi connectivity index (χ0n) is 7.30. The Hall–Kier alpha value is -1.16. The summed E-state index contributed by atoms with van der Waals surface area (Å²) in [6.07, 6.45) is 1.74. The van der Waals surface area contributed by atoms with E-state index in [9.17, 15) is 8.78 Å². The number of rotatable bonds is 0. The number of nitrogens with one attached hydrogen (secondary N) is 1. The van der Waals surface area contributed by atoms with Gasteiger partial charge in [0.15, 0.2) is 0 Å². The van der Waals surface area contributed by atoms with Crippen LogP contribution < -0.4 is 5.32 Å². The third-order valence-corrected chi connectivity index (χ3v) is 1.83. The highest BCUT2D eigenvalue weighted by Gasteiger charge is 2.02. The van der Waals surface area contributed by atoms with Gasteiger partial charge in [-0.15, -0.1) is 0 Å². The molecule has 0 radical (unpaired) electrons. The van der Waals surface area contributed by atoms with E-state index in [2.05, 4.69) is 10.3 Å². The third-order valence-electron chi connectivity index (χ3n) is 1.47. The normalized spacial score (nSPS) is 13.1. The van der Waals surface area contributed by atoms with Gasteiger partial charge in [-0.3, -0.25) is 4.99 Å². The van der Waals surface area contributed by atoms with Gasteiger partial charge < -0.3 is 5.32 Å². The minimum absolute atomic E-state index is 0.447.